The van der Waals surface area contributed by atoms with E-state index < -0.39 is 0 Å². The van der Waals surface area contributed by atoms with Crippen molar-refractivity contribution >= 4 is 0 Å². The van der Waals surface area contributed by atoms with Crippen LogP contribution in [0.4, 0.5) is 0 Å². The van der Waals surface area contributed by atoms with Crippen LogP contribution < -0.4 is 5.32 Å². The van der Waals surface area contributed by atoms with Crippen molar-refractivity contribution in [3.8, 4) is 0 Å². The Morgan fingerprint density at radius 3 is 2.62 bits per heavy atom. The molecule has 2 unspecified atom stereocenters. The summed E-state index contributed by atoms with van der Waals surface area (Å²) in [5.41, 5.74) is 0. The highest BCUT2D eigenvalue weighted by Gasteiger charge is 2.30. The SMILES string of the molecule is CCCN1CC(C2CCCCC2)NCC1C. The second kappa shape index (κ2) is 6.02. The third-order valence-corrected chi connectivity index (χ3v) is 4.46. The lowest BCUT2D eigenvalue weighted by molar-refractivity contribution is 0.104. The molecule has 2 atom stereocenters. The normalized spacial score (nSPS) is 34.1. The summed E-state index contributed by atoms with van der Waals surface area (Å²) >= 11 is 0. The Balaban J connectivity index is 1.86. The lowest BCUT2D eigenvalue weighted by Gasteiger charge is -2.42. The molecule has 94 valence electrons. The Hall–Kier alpha value is -0.0800. The summed E-state index contributed by atoms with van der Waals surface area (Å²) in [5.74, 6) is 0.959. The lowest BCUT2D eigenvalue weighted by atomic mass is 9.82. The molecule has 16 heavy (non-hydrogen) atoms. The van der Waals surface area contributed by atoms with Crippen LogP contribution >= 0.6 is 0 Å². The maximum Gasteiger partial charge on any atom is 0.0224 e. The molecule has 0 aromatic carbocycles. The van der Waals surface area contributed by atoms with E-state index >= 15 is 0 Å². The first kappa shape index (κ1) is 12.4. The van der Waals surface area contributed by atoms with Crippen LogP contribution in [0.2, 0.25) is 0 Å². The number of nitrogens with one attached hydrogen (secondary N) is 1. The van der Waals surface area contributed by atoms with E-state index in [1.54, 1.807) is 0 Å². The number of piperazine rings is 1. The molecule has 0 radical (unpaired) electrons. The predicted octanol–water partition coefficient (Wildman–Crippen LogP) is 2.64. The van der Waals surface area contributed by atoms with Crippen molar-refractivity contribution in [1.29, 1.82) is 0 Å². The fourth-order valence-electron chi connectivity index (χ4n) is 3.40. The van der Waals surface area contributed by atoms with Crippen LogP contribution in [0.3, 0.4) is 0 Å². The van der Waals surface area contributed by atoms with E-state index in [1.165, 1.54) is 58.2 Å². The van der Waals surface area contributed by atoms with E-state index in [1.807, 2.05) is 0 Å². The molecule has 0 aromatic rings. The van der Waals surface area contributed by atoms with Gasteiger partial charge in [-0.1, -0.05) is 26.2 Å². The van der Waals surface area contributed by atoms with Crippen molar-refractivity contribution in [2.24, 2.45) is 5.92 Å². The fraction of sp³-hybridized carbons (Fsp3) is 1.00. The molecule has 2 aliphatic rings. The summed E-state index contributed by atoms with van der Waals surface area (Å²) < 4.78 is 0. The van der Waals surface area contributed by atoms with Crippen LogP contribution in [0.15, 0.2) is 0 Å². The van der Waals surface area contributed by atoms with E-state index in [9.17, 15) is 0 Å². The predicted molar refractivity (Wildman–Crippen MR) is 69.7 cm³/mol. The lowest BCUT2D eigenvalue weighted by Crippen LogP contribution is -2.58. The molecule has 2 rings (SSSR count). The topological polar surface area (TPSA) is 15.3 Å². The van der Waals surface area contributed by atoms with Gasteiger partial charge in [0.15, 0.2) is 0 Å². The van der Waals surface area contributed by atoms with Crippen molar-refractivity contribution in [3.63, 3.8) is 0 Å². The average Bonchev–Trinajstić information content (AvgIpc) is 2.33. The van der Waals surface area contributed by atoms with Crippen molar-refractivity contribution in [1.82, 2.24) is 10.2 Å². The number of hydrogen-bond acceptors (Lipinski definition) is 2. The molecular formula is C14H28N2. The zero-order valence-corrected chi connectivity index (χ0v) is 11.0. The number of rotatable bonds is 3. The molecule has 2 heteroatoms. The van der Waals surface area contributed by atoms with Gasteiger partial charge in [-0.05, 0) is 38.6 Å². The highest BCUT2D eigenvalue weighted by molar-refractivity contribution is 4.88. The van der Waals surface area contributed by atoms with Gasteiger partial charge in [-0.15, -0.1) is 0 Å². The summed E-state index contributed by atoms with van der Waals surface area (Å²) in [6.45, 7) is 8.43. The summed E-state index contributed by atoms with van der Waals surface area (Å²) in [4.78, 5) is 2.69. The van der Waals surface area contributed by atoms with Crippen molar-refractivity contribution in [2.75, 3.05) is 19.6 Å². The van der Waals surface area contributed by atoms with Crippen molar-refractivity contribution in [3.05, 3.63) is 0 Å². The smallest absolute Gasteiger partial charge is 0.0224 e. The molecule has 0 spiro atoms. The Morgan fingerprint density at radius 2 is 1.94 bits per heavy atom. The molecular weight excluding hydrogens is 196 g/mol. The van der Waals surface area contributed by atoms with Gasteiger partial charge in [-0.2, -0.15) is 0 Å². The first-order valence-corrected chi connectivity index (χ1v) is 7.28. The molecule has 0 bridgehead atoms. The van der Waals surface area contributed by atoms with Gasteiger partial charge in [-0.25, -0.2) is 0 Å². The summed E-state index contributed by atoms with van der Waals surface area (Å²) in [5, 5.41) is 3.79. The zero-order valence-electron chi connectivity index (χ0n) is 11.0. The Kier molecular flexibility index (Phi) is 4.66. The van der Waals surface area contributed by atoms with Gasteiger partial charge in [-0.3, -0.25) is 4.90 Å². The first-order chi connectivity index (χ1) is 7.81. The van der Waals surface area contributed by atoms with Crippen LogP contribution in [0, 0.1) is 5.92 Å². The van der Waals surface area contributed by atoms with Gasteiger partial charge >= 0.3 is 0 Å². The molecule has 0 aromatic heterocycles. The van der Waals surface area contributed by atoms with Gasteiger partial charge in [0.1, 0.15) is 0 Å². The van der Waals surface area contributed by atoms with E-state index in [4.69, 9.17) is 0 Å². The molecule has 2 fully saturated rings. The minimum Gasteiger partial charge on any atom is -0.311 e. The third-order valence-electron chi connectivity index (χ3n) is 4.46. The average molecular weight is 224 g/mol. The maximum absolute atomic E-state index is 3.79. The van der Waals surface area contributed by atoms with Gasteiger partial charge in [0, 0.05) is 25.2 Å². The second-order valence-electron chi connectivity index (χ2n) is 5.76. The molecule has 1 aliphatic heterocycles. The van der Waals surface area contributed by atoms with Crippen LogP contribution in [0.1, 0.15) is 52.4 Å². The van der Waals surface area contributed by atoms with Crippen LogP contribution in [-0.2, 0) is 0 Å². The second-order valence-corrected chi connectivity index (χ2v) is 5.76. The van der Waals surface area contributed by atoms with E-state index in [0.29, 0.717) is 0 Å². The highest BCUT2D eigenvalue weighted by Crippen LogP contribution is 2.28. The maximum atomic E-state index is 3.79. The fourth-order valence-corrected chi connectivity index (χ4v) is 3.40. The minimum atomic E-state index is 0.736. The molecule has 2 nitrogen and oxygen atoms in total. The molecule has 1 aliphatic carbocycles. The molecule has 1 saturated heterocycles. The number of nitrogens with zero attached hydrogens (tertiary/aromatic N) is 1. The highest BCUT2D eigenvalue weighted by atomic mass is 15.2. The quantitative estimate of drug-likeness (QED) is 0.793. The van der Waals surface area contributed by atoms with Gasteiger partial charge in [0.2, 0.25) is 0 Å². The number of hydrogen-bond donors (Lipinski definition) is 1. The monoisotopic (exact) mass is 224 g/mol. The van der Waals surface area contributed by atoms with Gasteiger partial charge < -0.3 is 5.32 Å². The minimum absolute atomic E-state index is 0.736. The van der Waals surface area contributed by atoms with Gasteiger partial charge in [0.25, 0.3) is 0 Å². The summed E-state index contributed by atoms with van der Waals surface area (Å²) in [6.07, 6.45) is 8.62. The Labute approximate surface area is 101 Å². The van der Waals surface area contributed by atoms with Crippen molar-refractivity contribution in [2.45, 2.75) is 64.5 Å². The molecule has 1 N–H and O–H groups in total. The third kappa shape index (κ3) is 2.98. The molecule has 0 amide bonds. The van der Waals surface area contributed by atoms with Crippen LogP contribution in [-0.4, -0.2) is 36.6 Å². The van der Waals surface area contributed by atoms with Crippen LogP contribution in [0.25, 0.3) is 0 Å². The molecule has 1 saturated carbocycles. The summed E-state index contributed by atoms with van der Waals surface area (Å²) in [6, 6.07) is 1.52. The Bertz CT molecular complexity index is 199. The van der Waals surface area contributed by atoms with Crippen LogP contribution in [0.5, 0.6) is 0 Å². The van der Waals surface area contributed by atoms with E-state index in [-0.39, 0.29) is 0 Å². The van der Waals surface area contributed by atoms with Crippen molar-refractivity contribution < 1.29 is 0 Å². The van der Waals surface area contributed by atoms with Gasteiger partial charge in [0.05, 0.1) is 0 Å². The largest absolute Gasteiger partial charge is 0.311 e. The molecule has 1 heterocycles. The summed E-state index contributed by atoms with van der Waals surface area (Å²) in [7, 11) is 0. The zero-order chi connectivity index (χ0) is 11.4. The van der Waals surface area contributed by atoms with E-state index in [0.717, 1.165) is 18.0 Å². The standard InChI is InChI=1S/C14H28N2/c1-3-9-16-11-14(15-10-12(16)2)13-7-5-4-6-8-13/h12-15H,3-11H2,1-2H3. The first-order valence-electron chi connectivity index (χ1n) is 7.28. The van der Waals surface area contributed by atoms with E-state index in [2.05, 4.69) is 24.1 Å². The Morgan fingerprint density at radius 1 is 1.19 bits per heavy atom.